The molecule has 1 aromatic heterocycles. The number of rotatable bonds is 7. The zero-order valence-corrected chi connectivity index (χ0v) is 22.9. The van der Waals surface area contributed by atoms with Crippen molar-refractivity contribution in [3.63, 3.8) is 0 Å². The van der Waals surface area contributed by atoms with E-state index in [2.05, 4.69) is 21.6 Å². The Balaban J connectivity index is 1.42. The Hall–Kier alpha value is -4.88. The van der Waals surface area contributed by atoms with Crippen molar-refractivity contribution >= 4 is 40.6 Å². The van der Waals surface area contributed by atoms with Gasteiger partial charge < -0.3 is 14.5 Å². The number of halogens is 1. The third-order valence-electron chi connectivity index (χ3n) is 6.42. The van der Waals surface area contributed by atoms with Gasteiger partial charge in [0.25, 0.3) is 5.91 Å². The molecule has 40 heavy (non-hydrogen) atoms. The number of aromatic nitrogens is 1. The predicted molar refractivity (Wildman–Crippen MR) is 158 cm³/mol. The van der Waals surface area contributed by atoms with Gasteiger partial charge in [0.05, 0.1) is 18.9 Å². The summed E-state index contributed by atoms with van der Waals surface area (Å²) in [5.41, 5.74) is 8.17. The van der Waals surface area contributed by atoms with Gasteiger partial charge in [0, 0.05) is 32.6 Å². The molecule has 8 heteroatoms. The molecule has 0 aliphatic carbocycles. The fraction of sp³-hybridized carbons (Fsp3) is 0.0938. The van der Waals surface area contributed by atoms with Crippen LogP contribution in [0.2, 0.25) is 5.02 Å². The zero-order chi connectivity index (χ0) is 28.2. The zero-order valence-electron chi connectivity index (χ0n) is 22.1. The number of nitrogens with one attached hydrogen (secondary N) is 2. The highest BCUT2D eigenvalue weighted by Gasteiger charge is 2.22. The summed E-state index contributed by atoms with van der Waals surface area (Å²) in [6, 6.07) is 25.1. The van der Waals surface area contributed by atoms with Gasteiger partial charge in [-0.2, -0.15) is 5.10 Å². The number of aromatic amines is 1. The summed E-state index contributed by atoms with van der Waals surface area (Å²) >= 11 is 6.55. The summed E-state index contributed by atoms with van der Waals surface area (Å²) in [5, 5.41) is 5.60. The molecule has 0 aliphatic rings. The molecule has 4 aromatic carbocycles. The van der Waals surface area contributed by atoms with Crippen LogP contribution in [0, 0.1) is 13.8 Å². The average molecular weight is 552 g/mol. The van der Waals surface area contributed by atoms with Crippen LogP contribution >= 0.6 is 11.6 Å². The van der Waals surface area contributed by atoms with E-state index in [1.807, 2.05) is 38.1 Å². The van der Waals surface area contributed by atoms with Crippen LogP contribution in [0.15, 0.2) is 90.0 Å². The maximum atomic E-state index is 13.4. The first-order valence-corrected chi connectivity index (χ1v) is 12.9. The molecule has 0 spiro atoms. The molecular weight excluding hydrogens is 526 g/mol. The number of para-hydroxylation sites is 1. The smallest absolute Gasteiger partial charge is 0.343 e. The lowest BCUT2D eigenvalue weighted by Crippen LogP contribution is -2.19. The van der Waals surface area contributed by atoms with Gasteiger partial charge in [0.2, 0.25) is 0 Å². The van der Waals surface area contributed by atoms with E-state index in [9.17, 15) is 9.59 Å². The third kappa shape index (κ3) is 5.46. The first-order chi connectivity index (χ1) is 19.4. The number of hydrogen-bond acceptors (Lipinski definition) is 5. The van der Waals surface area contributed by atoms with Gasteiger partial charge in [0.1, 0.15) is 17.2 Å². The maximum Gasteiger partial charge on any atom is 0.343 e. The van der Waals surface area contributed by atoms with Crippen LogP contribution in [0.4, 0.5) is 0 Å². The second kappa shape index (κ2) is 11.5. The molecule has 0 saturated carbocycles. The van der Waals surface area contributed by atoms with Crippen molar-refractivity contribution in [2.24, 2.45) is 5.10 Å². The van der Waals surface area contributed by atoms with Crippen LogP contribution < -0.4 is 14.9 Å². The Kier molecular flexibility index (Phi) is 7.66. The molecule has 0 radical (unpaired) electrons. The van der Waals surface area contributed by atoms with Gasteiger partial charge in [-0.1, -0.05) is 59.6 Å². The Morgan fingerprint density at radius 2 is 1.73 bits per heavy atom. The van der Waals surface area contributed by atoms with Crippen LogP contribution in [-0.4, -0.2) is 30.2 Å². The van der Waals surface area contributed by atoms with E-state index in [0.29, 0.717) is 38.9 Å². The molecular formula is C32H26ClN3O4. The van der Waals surface area contributed by atoms with Crippen molar-refractivity contribution in [3.8, 4) is 22.6 Å². The van der Waals surface area contributed by atoms with Crippen LogP contribution in [0.25, 0.3) is 22.0 Å². The van der Waals surface area contributed by atoms with E-state index in [1.165, 1.54) is 13.3 Å². The molecule has 7 nitrogen and oxygen atoms in total. The lowest BCUT2D eigenvalue weighted by molar-refractivity contribution is 0.0733. The molecule has 0 bridgehead atoms. The van der Waals surface area contributed by atoms with Crippen LogP contribution in [0.1, 0.15) is 37.5 Å². The van der Waals surface area contributed by atoms with E-state index < -0.39 is 11.9 Å². The van der Waals surface area contributed by atoms with Crippen LogP contribution in [0.3, 0.4) is 0 Å². The van der Waals surface area contributed by atoms with Gasteiger partial charge >= 0.3 is 5.97 Å². The Morgan fingerprint density at radius 1 is 0.950 bits per heavy atom. The number of aryl methyl sites for hydroxylation is 2. The number of carbonyl (C=O) groups is 2. The van der Waals surface area contributed by atoms with Crippen molar-refractivity contribution < 1.29 is 19.1 Å². The molecule has 1 amide bonds. The summed E-state index contributed by atoms with van der Waals surface area (Å²) < 4.78 is 10.8. The van der Waals surface area contributed by atoms with Gasteiger partial charge in [0.15, 0.2) is 0 Å². The number of hydrogen-bond donors (Lipinski definition) is 2. The minimum atomic E-state index is -0.545. The molecule has 5 rings (SSSR count). The molecule has 200 valence electrons. The summed E-state index contributed by atoms with van der Waals surface area (Å²) in [4.78, 5) is 29.4. The standard InChI is InChI=1S/C32H26ClN3O4/c1-19-15-20(2)29-25(16-19)28(24-12-5-6-13-26(24)33)30(35-29)31(37)36-34-18-22-9-4-7-14-27(22)40-32(38)21-10-8-11-23(17-21)39-3/h4-18,35H,1-3H3,(H,36,37). The van der Waals surface area contributed by atoms with Crippen LogP contribution in [-0.2, 0) is 0 Å². The van der Waals surface area contributed by atoms with Crippen molar-refractivity contribution in [2.45, 2.75) is 13.8 Å². The number of esters is 1. The first-order valence-electron chi connectivity index (χ1n) is 12.5. The van der Waals surface area contributed by atoms with Gasteiger partial charge in [-0.05, 0) is 61.9 Å². The second-order valence-corrected chi connectivity index (χ2v) is 9.62. The minimum Gasteiger partial charge on any atom is -0.497 e. The summed E-state index contributed by atoms with van der Waals surface area (Å²) in [5.74, 6) is -0.144. The second-order valence-electron chi connectivity index (χ2n) is 9.22. The van der Waals surface area contributed by atoms with Crippen molar-refractivity contribution in [3.05, 3.63) is 118 Å². The van der Waals surface area contributed by atoms with E-state index in [0.717, 1.165) is 27.6 Å². The van der Waals surface area contributed by atoms with Gasteiger partial charge in [-0.3, -0.25) is 4.79 Å². The number of carbonyl (C=O) groups excluding carboxylic acids is 2. The predicted octanol–water partition coefficient (Wildman–Crippen LogP) is 7.10. The first kappa shape index (κ1) is 26.7. The average Bonchev–Trinajstić information content (AvgIpc) is 3.34. The highest BCUT2D eigenvalue weighted by molar-refractivity contribution is 6.34. The molecule has 2 N–H and O–H groups in total. The molecule has 5 aromatic rings. The fourth-order valence-corrected chi connectivity index (χ4v) is 4.80. The number of methoxy groups -OCH3 is 1. The molecule has 0 unspecified atom stereocenters. The molecule has 1 heterocycles. The van der Waals surface area contributed by atoms with Gasteiger partial charge in [-0.25, -0.2) is 10.2 Å². The highest BCUT2D eigenvalue weighted by atomic mass is 35.5. The number of fused-ring (bicyclic) bond motifs is 1. The normalized spacial score (nSPS) is 11.1. The fourth-order valence-electron chi connectivity index (χ4n) is 4.57. The Labute approximate surface area is 236 Å². The molecule has 0 saturated heterocycles. The minimum absolute atomic E-state index is 0.293. The molecule has 0 aliphatic heterocycles. The van der Waals surface area contributed by atoms with Crippen molar-refractivity contribution in [1.29, 1.82) is 0 Å². The van der Waals surface area contributed by atoms with E-state index in [-0.39, 0.29) is 0 Å². The van der Waals surface area contributed by atoms with E-state index in [4.69, 9.17) is 21.1 Å². The number of benzene rings is 4. The van der Waals surface area contributed by atoms with E-state index in [1.54, 1.807) is 54.6 Å². The number of hydrazone groups is 1. The number of ether oxygens (including phenoxy) is 2. The number of amides is 1. The number of H-pyrrole nitrogens is 1. The Bertz CT molecular complexity index is 1770. The summed E-state index contributed by atoms with van der Waals surface area (Å²) in [6.45, 7) is 4.00. The lowest BCUT2D eigenvalue weighted by Gasteiger charge is -2.08. The maximum absolute atomic E-state index is 13.4. The SMILES string of the molecule is COc1cccc(C(=O)Oc2ccccc2C=NNC(=O)c2[nH]c3c(C)cc(C)cc3c2-c2ccccc2Cl)c1. The van der Waals surface area contributed by atoms with E-state index >= 15 is 0 Å². The number of nitrogens with zero attached hydrogens (tertiary/aromatic N) is 1. The molecule has 0 fully saturated rings. The van der Waals surface area contributed by atoms with Crippen molar-refractivity contribution in [2.75, 3.05) is 7.11 Å². The summed E-state index contributed by atoms with van der Waals surface area (Å²) in [7, 11) is 1.53. The van der Waals surface area contributed by atoms with Crippen molar-refractivity contribution in [1.82, 2.24) is 10.4 Å². The quantitative estimate of drug-likeness (QED) is 0.0976. The topological polar surface area (TPSA) is 92.8 Å². The molecule has 0 atom stereocenters. The monoisotopic (exact) mass is 551 g/mol. The van der Waals surface area contributed by atoms with Crippen LogP contribution in [0.5, 0.6) is 11.5 Å². The third-order valence-corrected chi connectivity index (χ3v) is 6.75. The Morgan fingerprint density at radius 3 is 2.52 bits per heavy atom. The lowest BCUT2D eigenvalue weighted by atomic mass is 9.99. The van der Waals surface area contributed by atoms with Gasteiger partial charge in [-0.15, -0.1) is 0 Å². The summed E-state index contributed by atoms with van der Waals surface area (Å²) in [6.07, 6.45) is 1.43. The largest absolute Gasteiger partial charge is 0.497 e. The highest BCUT2D eigenvalue weighted by Crippen LogP contribution is 2.38.